The van der Waals surface area contributed by atoms with E-state index in [0.29, 0.717) is 23.1 Å². The second-order valence-corrected chi connectivity index (χ2v) is 5.00. The molecule has 0 aliphatic rings. The van der Waals surface area contributed by atoms with Crippen LogP contribution in [0.1, 0.15) is 19.8 Å². The molecule has 1 aromatic carbocycles. The third-order valence-corrected chi connectivity index (χ3v) is 3.38. The number of ether oxygens (including phenoxy) is 1. The largest absolute Gasteiger partial charge is 0.465 e. The van der Waals surface area contributed by atoms with E-state index >= 15 is 0 Å². The van der Waals surface area contributed by atoms with Gasteiger partial charge in [-0.15, -0.1) is 11.8 Å². The minimum atomic E-state index is -0.198. The number of nitrogen functional groups attached to an aromatic ring is 1. The molecule has 94 valence electrons. The number of nitrogens with two attached hydrogens (primary N) is 1. The van der Waals surface area contributed by atoms with Gasteiger partial charge >= 0.3 is 5.97 Å². The van der Waals surface area contributed by atoms with Crippen molar-refractivity contribution in [1.29, 1.82) is 0 Å². The first-order valence-electron chi connectivity index (χ1n) is 5.47. The minimum Gasteiger partial charge on any atom is -0.465 e. The number of carbonyl (C=O) groups is 1. The van der Waals surface area contributed by atoms with Crippen molar-refractivity contribution in [2.24, 2.45) is 0 Å². The Morgan fingerprint density at radius 1 is 1.53 bits per heavy atom. The Kier molecular flexibility index (Phi) is 6.22. The van der Waals surface area contributed by atoms with Crippen LogP contribution in [0.5, 0.6) is 0 Å². The van der Waals surface area contributed by atoms with E-state index in [2.05, 4.69) is 6.92 Å². The fourth-order valence-corrected chi connectivity index (χ4v) is 2.09. The Balaban J connectivity index is 2.34. The average Bonchev–Trinajstić information content (AvgIpc) is 2.31. The molecule has 0 unspecified atom stereocenters. The van der Waals surface area contributed by atoms with Crippen LogP contribution in [0.25, 0.3) is 0 Å². The maximum atomic E-state index is 11.3. The lowest BCUT2D eigenvalue weighted by Gasteiger charge is -2.05. The van der Waals surface area contributed by atoms with Gasteiger partial charge in [-0.25, -0.2) is 0 Å². The van der Waals surface area contributed by atoms with E-state index in [9.17, 15) is 4.79 Å². The molecular weight excluding hydrogens is 258 g/mol. The van der Waals surface area contributed by atoms with Crippen LogP contribution >= 0.6 is 23.4 Å². The van der Waals surface area contributed by atoms with E-state index in [0.717, 1.165) is 17.7 Å². The monoisotopic (exact) mass is 273 g/mol. The first kappa shape index (κ1) is 14.2. The lowest BCUT2D eigenvalue weighted by Crippen LogP contribution is -2.08. The molecule has 0 radical (unpaired) electrons. The van der Waals surface area contributed by atoms with Gasteiger partial charge in [0.2, 0.25) is 0 Å². The first-order valence-corrected chi connectivity index (χ1v) is 6.83. The molecular formula is C12H16ClNO2S. The number of hydrogen-bond acceptors (Lipinski definition) is 4. The minimum absolute atomic E-state index is 0.198. The standard InChI is InChI=1S/C12H16ClNO2S/c1-2-3-6-16-12(15)8-17-9-4-5-11(14)10(13)7-9/h4-5,7H,2-3,6,8,14H2,1H3. The Bertz CT molecular complexity index is 385. The Morgan fingerprint density at radius 3 is 2.94 bits per heavy atom. The van der Waals surface area contributed by atoms with Crippen LogP contribution in [0.3, 0.4) is 0 Å². The molecule has 0 saturated heterocycles. The highest BCUT2D eigenvalue weighted by Gasteiger charge is 2.05. The highest BCUT2D eigenvalue weighted by atomic mass is 35.5. The summed E-state index contributed by atoms with van der Waals surface area (Å²) in [5.41, 5.74) is 6.14. The zero-order valence-electron chi connectivity index (χ0n) is 9.74. The molecule has 0 bridgehead atoms. The number of hydrogen-bond donors (Lipinski definition) is 1. The van der Waals surface area contributed by atoms with Crippen LogP contribution < -0.4 is 5.73 Å². The summed E-state index contributed by atoms with van der Waals surface area (Å²) in [6.45, 7) is 2.55. The molecule has 0 atom stereocenters. The van der Waals surface area contributed by atoms with Crippen molar-refractivity contribution < 1.29 is 9.53 Å². The molecule has 0 aliphatic heterocycles. The predicted molar refractivity (Wildman–Crippen MR) is 72.5 cm³/mol. The number of benzene rings is 1. The second kappa shape index (κ2) is 7.45. The van der Waals surface area contributed by atoms with Gasteiger partial charge in [-0.1, -0.05) is 24.9 Å². The molecule has 0 fully saturated rings. The molecule has 0 spiro atoms. The lowest BCUT2D eigenvalue weighted by atomic mass is 10.3. The van der Waals surface area contributed by atoms with Crippen LogP contribution in [-0.4, -0.2) is 18.3 Å². The normalized spacial score (nSPS) is 10.2. The highest BCUT2D eigenvalue weighted by Crippen LogP contribution is 2.26. The van der Waals surface area contributed by atoms with Crippen LogP contribution in [0.15, 0.2) is 23.1 Å². The fraction of sp³-hybridized carbons (Fsp3) is 0.417. The fourth-order valence-electron chi connectivity index (χ4n) is 1.11. The van der Waals surface area contributed by atoms with Crippen LogP contribution in [0.2, 0.25) is 5.02 Å². The quantitative estimate of drug-likeness (QED) is 0.374. The van der Waals surface area contributed by atoms with E-state index in [1.54, 1.807) is 12.1 Å². The number of esters is 1. The van der Waals surface area contributed by atoms with Gasteiger partial charge in [0.15, 0.2) is 0 Å². The summed E-state index contributed by atoms with van der Waals surface area (Å²) in [5.74, 6) is 0.0978. The van der Waals surface area contributed by atoms with Gasteiger partial charge in [-0.05, 0) is 24.6 Å². The van der Waals surface area contributed by atoms with Crippen molar-refractivity contribution in [3.63, 3.8) is 0 Å². The predicted octanol–water partition coefficient (Wildman–Crippen LogP) is 3.36. The van der Waals surface area contributed by atoms with Crippen molar-refractivity contribution in [2.75, 3.05) is 18.1 Å². The van der Waals surface area contributed by atoms with E-state index in [1.165, 1.54) is 11.8 Å². The summed E-state index contributed by atoms with van der Waals surface area (Å²) < 4.78 is 5.04. The molecule has 2 N–H and O–H groups in total. The molecule has 3 nitrogen and oxygen atoms in total. The molecule has 1 aromatic rings. The maximum Gasteiger partial charge on any atom is 0.316 e. The molecule has 17 heavy (non-hydrogen) atoms. The molecule has 0 saturated carbocycles. The van der Waals surface area contributed by atoms with Crippen LogP contribution in [0.4, 0.5) is 5.69 Å². The Labute approximate surface area is 111 Å². The highest BCUT2D eigenvalue weighted by molar-refractivity contribution is 8.00. The average molecular weight is 274 g/mol. The maximum absolute atomic E-state index is 11.3. The first-order chi connectivity index (χ1) is 8.13. The van der Waals surface area contributed by atoms with E-state index in [1.807, 2.05) is 6.07 Å². The summed E-state index contributed by atoms with van der Waals surface area (Å²) >= 11 is 7.27. The molecule has 0 amide bonds. The van der Waals surface area contributed by atoms with Crippen molar-refractivity contribution >= 4 is 35.0 Å². The number of unbranched alkanes of at least 4 members (excludes halogenated alkanes) is 1. The van der Waals surface area contributed by atoms with Crippen molar-refractivity contribution in [1.82, 2.24) is 0 Å². The third kappa shape index (κ3) is 5.33. The molecule has 0 aliphatic carbocycles. The summed E-state index contributed by atoms with van der Waals surface area (Å²) in [6, 6.07) is 5.32. The van der Waals surface area contributed by atoms with E-state index < -0.39 is 0 Å². The lowest BCUT2D eigenvalue weighted by molar-refractivity contribution is -0.140. The van der Waals surface area contributed by atoms with Crippen molar-refractivity contribution in [2.45, 2.75) is 24.7 Å². The topological polar surface area (TPSA) is 52.3 Å². The smallest absolute Gasteiger partial charge is 0.316 e. The molecule has 0 aromatic heterocycles. The van der Waals surface area contributed by atoms with Gasteiger partial charge in [-0.2, -0.15) is 0 Å². The molecule has 5 heteroatoms. The van der Waals surface area contributed by atoms with Gasteiger partial charge < -0.3 is 10.5 Å². The molecule has 0 heterocycles. The number of anilines is 1. The van der Waals surface area contributed by atoms with Crippen LogP contribution in [0, 0.1) is 0 Å². The second-order valence-electron chi connectivity index (χ2n) is 3.55. The number of carbonyl (C=O) groups excluding carboxylic acids is 1. The zero-order chi connectivity index (χ0) is 12.7. The van der Waals surface area contributed by atoms with E-state index in [4.69, 9.17) is 22.1 Å². The van der Waals surface area contributed by atoms with Crippen molar-refractivity contribution in [3.05, 3.63) is 23.2 Å². The summed E-state index contributed by atoms with van der Waals surface area (Å²) in [4.78, 5) is 12.3. The van der Waals surface area contributed by atoms with Gasteiger partial charge in [0.05, 0.1) is 23.1 Å². The molecule has 1 rings (SSSR count). The SMILES string of the molecule is CCCCOC(=O)CSc1ccc(N)c(Cl)c1. The van der Waals surface area contributed by atoms with Crippen LogP contribution in [-0.2, 0) is 9.53 Å². The summed E-state index contributed by atoms with van der Waals surface area (Å²) in [6.07, 6.45) is 1.93. The third-order valence-electron chi connectivity index (χ3n) is 2.09. The van der Waals surface area contributed by atoms with Gasteiger partial charge in [0.1, 0.15) is 0 Å². The number of rotatable bonds is 6. The van der Waals surface area contributed by atoms with Gasteiger partial charge in [-0.3, -0.25) is 4.79 Å². The number of halogens is 1. The van der Waals surface area contributed by atoms with E-state index in [-0.39, 0.29) is 5.97 Å². The zero-order valence-corrected chi connectivity index (χ0v) is 11.3. The Hall–Kier alpha value is -0.870. The Morgan fingerprint density at radius 2 is 2.29 bits per heavy atom. The summed E-state index contributed by atoms with van der Waals surface area (Å²) in [5, 5.41) is 0.509. The van der Waals surface area contributed by atoms with Gasteiger partial charge in [0, 0.05) is 4.90 Å². The van der Waals surface area contributed by atoms with Crippen molar-refractivity contribution in [3.8, 4) is 0 Å². The summed E-state index contributed by atoms with van der Waals surface area (Å²) in [7, 11) is 0. The van der Waals surface area contributed by atoms with Gasteiger partial charge in [0.25, 0.3) is 0 Å². The number of thioether (sulfide) groups is 1.